The largest absolute Gasteiger partial charge is 0.347 e. The molecule has 0 aliphatic rings. The van der Waals surface area contributed by atoms with Crippen molar-refractivity contribution in [3.8, 4) is 0 Å². The van der Waals surface area contributed by atoms with Crippen molar-refractivity contribution in [2.24, 2.45) is 0 Å². The molecule has 0 unspecified atom stereocenters. The van der Waals surface area contributed by atoms with Crippen molar-refractivity contribution >= 4 is 5.91 Å². The van der Waals surface area contributed by atoms with Crippen molar-refractivity contribution in [1.82, 2.24) is 5.32 Å². The number of carbonyl (C=O) groups excluding carboxylic acids is 1. The summed E-state index contributed by atoms with van der Waals surface area (Å²) < 4.78 is 39.9. The second kappa shape index (κ2) is 7.78. The smallest absolute Gasteiger partial charge is 0.275 e. The zero-order valence-corrected chi connectivity index (χ0v) is 12.7. The van der Waals surface area contributed by atoms with E-state index in [4.69, 9.17) is 0 Å². The molecule has 0 spiro atoms. The van der Waals surface area contributed by atoms with Gasteiger partial charge in [0.1, 0.15) is 23.5 Å². The van der Waals surface area contributed by atoms with E-state index < -0.39 is 11.6 Å². The summed E-state index contributed by atoms with van der Waals surface area (Å²) in [6.07, 6.45) is 0. The Morgan fingerprint density at radius 1 is 1.13 bits per heavy atom. The quantitative estimate of drug-likeness (QED) is 0.840. The summed E-state index contributed by atoms with van der Waals surface area (Å²) in [6.45, 7) is 1.88. The molecular weight excluding hydrogens is 305 g/mol. The first-order chi connectivity index (χ1) is 11.0. The van der Waals surface area contributed by atoms with E-state index >= 15 is 0 Å². The van der Waals surface area contributed by atoms with Gasteiger partial charge >= 0.3 is 0 Å². The Bertz CT molecular complexity index is 691. The van der Waals surface area contributed by atoms with Gasteiger partial charge in [0.25, 0.3) is 5.91 Å². The summed E-state index contributed by atoms with van der Waals surface area (Å²) in [5.74, 6) is -1.94. The fraction of sp³-hybridized carbons (Fsp3) is 0.235. The maximum absolute atomic E-state index is 13.6. The van der Waals surface area contributed by atoms with E-state index in [9.17, 15) is 18.0 Å². The van der Waals surface area contributed by atoms with Crippen LogP contribution in [-0.2, 0) is 11.3 Å². The average Bonchev–Trinajstić information content (AvgIpc) is 2.52. The first-order valence-corrected chi connectivity index (χ1v) is 7.25. The van der Waals surface area contributed by atoms with Crippen LogP contribution in [0.1, 0.15) is 24.1 Å². The molecule has 0 aliphatic heterocycles. The van der Waals surface area contributed by atoms with Gasteiger partial charge in [-0.15, -0.1) is 0 Å². The zero-order chi connectivity index (χ0) is 16.8. The highest BCUT2D eigenvalue weighted by atomic mass is 19.1. The van der Waals surface area contributed by atoms with Crippen LogP contribution in [0.3, 0.4) is 0 Å². The second-order valence-electron chi connectivity index (χ2n) is 5.26. The van der Waals surface area contributed by atoms with Crippen molar-refractivity contribution in [1.29, 1.82) is 0 Å². The summed E-state index contributed by atoms with van der Waals surface area (Å²) in [5, 5.41) is 4.24. The van der Waals surface area contributed by atoms with Crippen LogP contribution in [0.4, 0.5) is 13.2 Å². The molecule has 1 amide bonds. The van der Waals surface area contributed by atoms with Crippen molar-refractivity contribution in [3.63, 3.8) is 0 Å². The van der Waals surface area contributed by atoms with Crippen LogP contribution in [0.5, 0.6) is 0 Å². The maximum atomic E-state index is 13.6. The van der Waals surface area contributed by atoms with Crippen LogP contribution >= 0.6 is 0 Å². The predicted molar refractivity (Wildman–Crippen MR) is 79.8 cm³/mol. The molecule has 0 saturated carbocycles. The van der Waals surface area contributed by atoms with Crippen molar-refractivity contribution in [2.75, 3.05) is 6.54 Å². The lowest BCUT2D eigenvalue weighted by Gasteiger charge is -2.12. The Balaban J connectivity index is 1.83. The molecule has 0 aromatic heterocycles. The molecule has 3 nitrogen and oxygen atoms in total. The third-order valence-electron chi connectivity index (χ3n) is 3.54. The molecule has 3 N–H and O–H groups in total. The molecule has 2 aromatic carbocycles. The monoisotopic (exact) mass is 323 g/mol. The van der Waals surface area contributed by atoms with Crippen LogP contribution in [0.25, 0.3) is 0 Å². The number of hydrogen-bond donors (Lipinski definition) is 2. The predicted octanol–water partition coefficient (Wildman–Crippen LogP) is 2.04. The van der Waals surface area contributed by atoms with Gasteiger partial charge < -0.3 is 10.6 Å². The van der Waals surface area contributed by atoms with E-state index in [2.05, 4.69) is 5.32 Å². The summed E-state index contributed by atoms with van der Waals surface area (Å²) in [4.78, 5) is 11.8. The van der Waals surface area contributed by atoms with Crippen LogP contribution < -0.4 is 10.6 Å². The third-order valence-corrected chi connectivity index (χ3v) is 3.54. The highest BCUT2D eigenvalue weighted by molar-refractivity contribution is 5.76. The van der Waals surface area contributed by atoms with E-state index in [1.807, 2.05) is 0 Å². The van der Waals surface area contributed by atoms with E-state index in [1.54, 1.807) is 30.4 Å². The van der Waals surface area contributed by atoms with Gasteiger partial charge in [-0.2, -0.15) is 0 Å². The second-order valence-corrected chi connectivity index (χ2v) is 5.26. The summed E-state index contributed by atoms with van der Waals surface area (Å²) in [6, 6.07) is 9.21. The molecule has 0 bridgehead atoms. The highest BCUT2D eigenvalue weighted by Gasteiger charge is 2.16. The standard InChI is InChI=1S/C17H17F3N2O/c1-11(14-7-6-13(18)8-16(14)20)21-10-17(23)22-9-12-4-2-3-5-15(12)19/h2-8,11,21H,9-10H2,1H3,(H,22,23)/p+1/t11-/m1/s1. The highest BCUT2D eigenvalue weighted by Crippen LogP contribution is 2.14. The minimum atomic E-state index is -0.638. The lowest BCUT2D eigenvalue weighted by atomic mass is 10.1. The SMILES string of the molecule is C[C@@H]([NH2+]CC(=O)NCc1ccccc1F)c1ccc(F)cc1F. The molecule has 23 heavy (non-hydrogen) atoms. The van der Waals surface area contributed by atoms with Gasteiger partial charge in [0.15, 0.2) is 6.54 Å². The van der Waals surface area contributed by atoms with Crippen molar-refractivity contribution in [3.05, 3.63) is 71.0 Å². The Morgan fingerprint density at radius 3 is 2.57 bits per heavy atom. The number of nitrogens with one attached hydrogen (secondary N) is 1. The maximum Gasteiger partial charge on any atom is 0.275 e. The van der Waals surface area contributed by atoms with Crippen LogP contribution in [0.2, 0.25) is 0 Å². The Morgan fingerprint density at radius 2 is 1.87 bits per heavy atom. The molecule has 0 fully saturated rings. The molecule has 122 valence electrons. The van der Waals surface area contributed by atoms with Gasteiger partial charge in [-0.25, -0.2) is 13.2 Å². The number of halogens is 3. The van der Waals surface area contributed by atoms with Gasteiger partial charge in [-0.05, 0) is 25.1 Å². The van der Waals surface area contributed by atoms with E-state index in [-0.39, 0.29) is 30.9 Å². The molecule has 2 rings (SSSR count). The first kappa shape index (κ1) is 17.0. The number of quaternary nitrogens is 1. The summed E-state index contributed by atoms with van der Waals surface area (Å²) >= 11 is 0. The molecule has 0 saturated heterocycles. The Kier molecular flexibility index (Phi) is 5.76. The van der Waals surface area contributed by atoms with Crippen LogP contribution in [0.15, 0.2) is 42.5 Å². The van der Waals surface area contributed by atoms with Gasteiger partial charge in [-0.1, -0.05) is 18.2 Å². The topological polar surface area (TPSA) is 45.7 Å². The average molecular weight is 323 g/mol. The summed E-state index contributed by atoms with van der Waals surface area (Å²) in [5.41, 5.74) is 0.729. The Labute approximate surface area is 132 Å². The normalized spacial score (nSPS) is 12.0. The van der Waals surface area contributed by atoms with Crippen molar-refractivity contribution in [2.45, 2.75) is 19.5 Å². The van der Waals surface area contributed by atoms with E-state index in [0.717, 1.165) is 6.07 Å². The summed E-state index contributed by atoms with van der Waals surface area (Å²) in [7, 11) is 0. The van der Waals surface area contributed by atoms with E-state index in [1.165, 1.54) is 18.2 Å². The zero-order valence-electron chi connectivity index (χ0n) is 12.7. The first-order valence-electron chi connectivity index (χ1n) is 7.25. The fourth-order valence-corrected chi connectivity index (χ4v) is 2.19. The molecule has 0 radical (unpaired) electrons. The minimum Gasteiger partial charge on any atom is -0.347 e. The number of rotatable bonds is 6. The van der Waals surface area contributed by atoms with Gasteiger partial charge in [-0.3, -0.25) is 4.79 Å². The molecule has 0 heterocycles. The van der Waals surface area contributed by atoms with Gasteiger partial charge in [0.2, 0.25) is 0 Å². The minimum absolute atomic E-state index is 0.0619. The van der Waals surface area contributed by atoms with Crippen LogP contribution in [0, 0.1) is 17.5 Å². The fourth-order valence-electron chi connectivity index (χ4n) is 2.19. The van der Waals surface area contributed by atoms with E-state index in [0.29, 0.717) is 11.1 Å². The molecule has 2 aromatic rings. The lowest BCUT2D eigenvalue weighted by molar-refractivity contribution is -0.682. The molecular formula is C17H18F3N2O+. The van der Waals surface area contributed by atoms with Crippen LogP contribution in [-0.4, -0.2) is 12.5 Å². The third kappa shape index (κ3) is 4.82. The lowest BCUT2D eigenvalue weighted by Crippen LogP contribution is -2.87. The molecule has 0 aliphatic carbocycles. The number of nitrogens with two attached hydrogens (primary N) is 1. The number of benzene rings is 2. The number of hydrogen-bond acceptors (Lipinski definition) is 1. The van der Waals surface area contributed by atoms with Crippen molar-refractivity contribution < 1.29 is 23.3 Å². The number of amides is 1. The van der Waals surface area contributed by atoms with Gasteiger partial charge in [0, 0.05) is 23.7 Å². The number of carbonyl (C=O) groups is 1. The molecule has 1 atom stereocenters. The Hall–Kier alpha value is -2.34. The molecule has 6 heteroatoms. The van der Waals surface area contributed by atoms with Gasteiger partial charge in [0.05, 0.1) is 0 Å².